The molecule has 34 heavy (non-hydrogen) atoms. The lowest BCUT2D eigenvalue weighted by Gasteiger charge is -2.35. The number of esters is 2. The van der Waals surface area contributed by atoms with Gasteiger partial charge >= 0.3 is 11.9 Å². The minimum absolute atomic E-state index is 0.0175. The van der Waals surface area contributed by atoms with Crippen molar-refractivity contribution in [2.75, 3.05) is 46.1 Å². The summed E-state index contributed by atoms with van der Waals surface area (Å²) in [4.78, 5) is 26.4. The second kappa shape index (κ2) is 18.1. The third-order valence-electron chi connectivity index (χ3n) is 5.80. The van der Waals surface area contributed by atoms with Gasteiger partial charge in [0.25, 0.3) is 0 Å². The molecule has 0 aromatic carbocycles. The second-order valence-electron chi connectivity index (χ2n) is 11.4. The van der Waals surface area contributed by atoms with Crippen LogP contribution in [-0.2, 0) is 23.8 Å². The predicted molar refractivity (Wildman–Crippen MR) is 137 cm³/mol. The first-order chi connectivity index (χ1) is 15.9. The fourth-order valence-electron chi connectivity index (χ4n) is 3.62. The quantitative estimate of drug-likeness (QED) is 0.203. The Bertz CT molecular complexity index is 538. The molecule has 0 aliphatic heterocycles. The zero-order chi connectivity index (χ0) is 26.0. The van der Waals surface area contributed by atoms with Crippen LogP contribution in [-0.4, -0.2) is 73.6 Å². The molecule has 0 amide bonds. The molecule has 0 spiro atoms. The highest BCUT2D eigenvalue weighted by Crippen LogP contribution is 2.21. The van der Waals surface area contributed by atoms with E-state index in [9.17, 15) is 9.59 Å². The van der Waals surface area contributed by atoms with E-state index in [1.54, 1.807) is 0 Å². The number of hydrogen-bond acceptors (Lipinski definition) is 7. The van der Waals surface area contributed by atoms with Gasteiger partial charge in [0.15, 0.2) is 0 Å². The Balaban J connectivity index is 4.13. The Morgan fingerprint density at radius 3 is 2.12 bits per heavy atom. The Morgan fingerprint density at radius 2 is 1.53 bits per heavy atom. The maximum atomic E-state index is 12.2. The molecule has 1 atom stereocenters. The number of carbonyl (C=O) groups is 2. The predicted octanol–water partition coefficient (Wildman–Crippen LogP) is 4.99. The van der Waals surface area contributed by atoms with Crippen molar-refractivity contribution in [1.29, 1.82) is 0 Å². The largest absolute Gasteiger partial charge is 0.466 e. The van der Waals surface area contributed by atoms with Gasteiger partial charge in [-0.1, -0.05) is 34.1 Å². The summed E-state index contributed by atoms with van der Waals surface area (Å²) in [6, 6.07) is 0. The van der Waals surface area contributed by atoms with E-state index in [1.165, 1.54) is 0 Å². The Hall–Kier alpha value is -1.18. The summed E-state index contributed by atoms with van der Waals surface area (Å²) >= 11 is 0. The van der Waals surface area contributed by atoms with E-state index in [4.69, 9.17) is 19.3 Å². The molecule has 0 aliphatic rings. The number of nitrogens with zero attached hydrogens (tertiary/aromatic N) is 1. The summed E-state index contributed by atoms with van der Waals surface area (Å²) in [7, 11) is 0. The van der Waals surface area contributed by atoms with Crippen molar-refractivity contribution in [3.63, 3.8) is 0 Å². The average Bonchev–Trinajstić information content (AvgIpc) is 2.73. The van der Waals surface area contributed by atoms with E-state index in [1.807, 2.05) is 0 Å². The standard InChI is InChI=1S/C27H53NO6/c1-8-11-23(22-34-24(30)13-15-26(2,3)4)12-9-10-19-33-25(31)14-16-28(27(5,6)7)17-20-32-21-18-29/h23,29H,8-22H2,1-7H3. The minimum atomic E-state index is -0.177. The number of rotatable bonds is 19. The molecule has 0 rings (SSSR count). The van der Waals surface area contributed by atoms with Crippen LogP contribution in [0.1, 0.15) is 99.8 Å². The third-order valence-corrected chi connectivity index (χ3v) is 5.80. The monoisotopic (exact) mass is 487 g/mol. The van der Waals surface area contributed by atoms with Crippen LogP contribution in [0.2, 0.25) is 0 Å². The summed E-state index contributed by atoms with van der Waals surface area (Å²) in [6.07, 6.45) is 6.51. The molecular formula is C27H53NO6. The lowest BCUT2D eigenvalue weighted by Crippen LogP contribution is -2.44. The molecule has 0 aromatic rings. The number of aliphatic hydroxyl groups excluding tert-OH is 1. The topological polar surface area (TPSA) is 85.3 Å². The molecule has 0 heterocycles. The van der Waals surface area contributed by atoms with Crippen molar-refractivity contribution in [2.45, 2.75) is 105 Å². The normalized spacial score (nSPS) is 13.2. The molecule has 202 valence electrons. The Morgan fingerprint density at radius 1 is 0.853 bits per heavy atom. The number of carbonyl (C=O) groups excluding carboxylic acids is 2. The molecule has 0 aromatic heterocycles. The van der Waals surface area contributed by atoms with Crippen molar-refractivity contribution in [3.8, 4) is 0 Å². The van der Waals surface area contributed by atoms with Gasteiger partial charge < -0.3 is 19.3 Å². The molecule has 1 N–H and O–H groups in total. The van der Waals surface area contributed by atoms with E-state index in [-0.39, 0.29) is 29.5 Å². The SMILES string of the molecule is CCCC(CCCCOC(=O)CCN(CCOCCO)C(C)(C)C)COC(=O)CCC(C)(C)C. The smallest absolute Gasteiger partial charge is 0.307 e. The first-order valence-corrected chi connectivity index (χ1v) is 13.1. The molecule has 7 heteroatoms. The fraction of sp³-hybridized carbons (Fsp3) is 0.926. The molecule has 0 saturated heterocycles. The van der Waals surface area contributed by atoms with Crippen LogP contribution < -0.4 is 0 Å². The van der Waals surface area contributed by atoms with Gasteiger partial charge in [-0.3, -0.25) is 14.5 Å². The van der Waals surface area contributed by atoms with Crippen LogP contribution >= 0.6 is 0 Å². The van der Waals surface area contributed by atoms with E-state index in [2.05, 4.69) is 53.4 Å². The van der Waals surface area contributed by atoms with Gasteiger partial charge in [0, 0.05) is 25.0 Å². The molecule has 0 radical (unpaired) electrons. The maximum absolute atomic E-state index is 12.2. The van der Waals surface area contributed by atoms with Gasteiger partial charge in [0.05, 0.1) is 39.5 Å². The molecular weight excluding hydrogens is 434 g/mol. The zero-order valence-electron chi connectivity index (χ0n) is 23.1. The summed E-state index contributed by atoms with van der Waals surface area (Å²) in [6.45, 7) is 18.0. The highest BCUT2D eigenvalue weighted by Gasteiger charge is 2.22. The van der Waals surface area contributed by atoms with E-state index < -0.39 is 0 Å². The third kappa shape index (κ3) is 19.2. The van der Waals surface area contributed by atoms with Gasteiger partial charge in [0.1, 0.15) is 0 Å². The van der Waals surface area contributed by atoms with Crippen LogP contribution in [0, 0.1) is 11.3 Å². The Labute approximate surface area is 208 Å². The van der Waals surface area contributed by atoms with E-state index in [0.29, 0.717) is 58.3 Å². The van der Waals surface area contributed by atoms with Gasteiger partial charge in [-0.15, -0.1) is 0 Å². The number of aliphatic hydroxyl groups is 1. The number of unbranched alkanes of at least 4 members (excludes halogenated alkanes) is 1. The highest BCUT2D eigenvalue weighted by molar-refractivity contribution is 5.69. The van der Waals surface area contributed by atoms with E-state index in [0.717, 1.165) is 38.5 Å². The zero-order valence-corrected chi connectivity index (χ0v) is 23.1. The Kier molecular flexibility index (Phi) is 17.5. The maximum Gasteiger partial charge on any atom is 0.307 e. The van der Waals surface area contributed by atoms with Gasteiger partial charge in [-0.25, -0.2) is 0 Å². The molecule has 0 saturated carbocycles. The van der Waals surface area contributed by atoms with Gasteiger partial charge in [-0.2, -0.15) is 0 Å². The van der Waals surface area contributed by atoms with Crippen LogP contribution in [0.25, 0.3) is 0 Å². The molecule has 1 unspecified atom stereocenters. The summed E-state index contributed by atoms with van der Waals surface area (Å²) in [5, 5.41) is 8.82. The summed E-state index contributed by atoms with van der Waals surface area (Å²) in [5.74, 6) is 0.0883. The number of ether oxygens (including phenoxy) is 3. The van der Waals surface area contributed by atoms with Crippen LogP contribution in [0.15, 0.2) is 0 Å². The summed E-state index contributed by atoms with van der Waals surface area (Å²) in [5.41, 5.74) is 0.0619. The fourth-order valence-corrected chi connectivity index (χ4v) is 3.62. The van der Waals surface area contributed by atoms with Crippen molar-refractivity contribution in [1.82, 2.24) is 4.90 Å². The molecule has 0 bridgehead atoms. The molecule has 0 fully saturated rings. The summed E-state index contributed by atoms with van der Waals surface area (Å²) < 4.78 is 16.3. The minimum Gasteiger partial charge on any atom is -0.466 e. The van der Waals surface area contributed by atoms with Crippen LogP contribution in [0.5, 0.6) is 0 Å². The van der Waals surface area contributed by atoms with Crippen molar-refractivity contribution < 1.29 is 28.9 Å². The van der Waals surface area contributed by atoms with Crippen LogP contribution in [0.3, 0.4) is 0 Å². The lowest BCUT2D eigenvalue weighted by atomic mass is 9.91. The first kappa shape index (κ1) is 32.8. The molecule has 0 aliphatic carbocycles. The molecule has 7 nitrogen and oxygen atoms in total. The second-order valence-corrected chi connectivity index (χ2v) is 11.4. The number of hydrogen-bond donors (Lipinski definition) is 1. The van der Waals surface area contributed by atoms with Crippen molar-refractivity contribution in [2.24, 2.45) is 11.3 Å². The van der Waals surface area contributed by atoms with Gasteiger partial charge in [0.2, 0.25) is 0 Å². The van der Waals surface area contributed by atoms with Crippen LogP contribution in [0.4, 0.5) is 0 Å². The van der Waals surface area contributed by atoms with E-state index >= 15 is 0 Å². The lowest BCUT2D eigenvalue weighted by molar-refractivity contribution is -0.146. The van der Waals surface area contributed by atoms with Crippen molar-refractivity contribution >= 4 is 11.9 Å². The average molecular weight is 488 g/mol. The highest BCUT2D eigenvalue weighted by atomic mass is 16.5. The first-order valence-electron chi connectivity index (χ1n) is 13.1. The van der Waals surface area contributed by atoms with Crippen molar-refractivity contribution in [3.05, 3.63) is 0 Å². The van der Waals surface area contributed by atoms with Gasteiger partial charge in [-0.05, 0) is 64.2 Å².